The van der Waals surface area contributed by atoms with Gasteiger partial charge in [-0.2, -0.15) is 22.8 Å². The number of nitrogens with zero attached hydrogens (tertiary/aromatic N) is 3. The van der Waals surface area contributed by atoms with Gasteiger partial charge in [-0.15, -0.1) is 0 Å². The molecule has 9 heteroatoms. The van der Waals surface area contributed by atoms with Crippen molar-refractivity contribution in [1.29, 1.82) is 0 Å². The van der Waals surface area contributed by atoms with E-state index in [1.165, 1.54) is 0 Å². The number of nitrogens with one attached hydrogen (secondary N) is 1. The Hall–Kier alpha value is -1.35. The molecule has 2 N–H and O–H groups in total. The molecular formula is C4H5FN4O3S. The second-order valence-electron chi connectivity index (χ2n) is 1.98. The topological polar surface area (TPSA) is 105 Å². The van der Waals surface area contributed by atoms with Crippen molar-refractivity contribution in [2.45, 2.75) is 0 Å². The minimum Gasteiger partial charge on any atom is -0.338 e. The molecule has 1 aromatic heterocycles. The molecule has 1 aromatic rings. The molecule has 0 spiro atoms. The van der Waals surface area contributed by atoms with Crippen LogP contribution in [0.4, 0.5) is 10.3 Å². The summed E-state index contributed by atoms with van der Waals surface area (Å²) >= 11 is 0. The Morgan fingerprint density at radius 3 is 2.77 bits per heavy atom. The summed E-state index contributed by atoms with van der Waals surface area (Å²) in [7, 11) is -4.17. The van der Waals surface area contributed by atoms with Crippen LogP contribution in [0.15, 0.2) is 6.33 Å². The van der Waals surface area contributed by atoms with Crippen LogP contribution in [0.2, 0.25) is 0 Å². The standard InChI is InChI=1S/C4H5FN4O3S/c5-3-6-1-7-4(9-3)8-2-13(10,11)12/h1H,2H2,(H,10,11,12)(H,6,7,8,9). The maximum absolute atomic E-state index is 12.3. The van der Waals surface area contributed by atoms with Crippen LogP contribution in [0, 0.1) is 6.08 Å². The summed E-state index contributed by atoms with van der Waals surface area (Å²) in [4.78, 5) is 9.54. The van der Waals surface area contributed by atoms with Gasteiger partial charge in [0.05, 0.1) is 0 Å². The molecule has 72 valence electrons. The molecule has 0 saturated heterocycles. The SMILES string of the molecule is O=S(=O)(O)CNc1ncnc(F)n1. The molecule has 0 atom stereocenters. The summed E-state index contributed by atoms with van der Waals surface area (Å²) in [6.45, 7) is 0. The molecule has 0 amide bonds. The monoisotopic (exact) mass is 208 g/mol. The summed E-state index contributed by atoms with van der Waals surface area (Å²) in [6.07, 6.45) is -0.165. The third kappa shape index (κ3) is 3.71. The zero-order valence-electron chi connectivity index (χ0n) is 6.18. The Bertz CT molecular complexity index is 394. The van der Waals surface area contributed by atoms with Crippen LogP contribution >= 0.6 is 0 Å². The Labute approximate surface area is 72.8 Å². The van der Waals surface area contributed by atoms with Crippen molar-refractivity contribution < 1.29 is 17.4 Å². The molecule has 0 radical (unpaired) electrons. The van der Waals surface area contributed by atoms with Crippen LogP contribution < -0.4 is 5.32 Å². The first-order valence-corrected chi connectivity index (χ1v) is 4.62. The maximum Gasteiger partial charge on any atom is 0.313 e. The fraction of sp³-hybridized carbons (Fsp3) is 0.250. The first-order chi connectivity index (χ1) is 5.97. The summed E-state index contributed by atoms with van der Waals surface area (Å²) in [5.74, 6) is -1.04. The maximum atomic E-state index is 12.3. The van der Waals surface area contributed by atoms with Gasteiger partial charge in [-0.05, 0) is 0 Å². The normalized spacial score (nSPS) is 11.2. The fourth-order valence-corrected chi connectivity index (χ4v) is 0.829. The van der Waals surface area contributed by atoms with Crippen LogP contribution in [-0.4, -0.2) is 33.8 Å². The van der Waals surface area contributed by atoms with Gasteiger partial charge in [-0.1, -0.05) is 0 Å². The number of anilines is 1. The van der Waals surface area contributed by atoms with E-state index in [9.17, 15) is 12.8 Å². The van der Waals surface area contributed by atoms with E-state index >= 15 is 0 Å². The van der Waals surface area contributed by atoms with E-state index in [2.05, 4.69) is 20.3 Å². The largest absolute Gasteiger partial charge is 0.338 e. The molecule has 13 heavy (non-hydrogen) atoms. The van der Waals surface area contributed by atoms with Crippen molar-refractivity contribution in [2.75, 3.05) is 11.2 Å². The molecule has 0 aliphatic carbocycles. The second-order valence-corrected chi connectivity index (χ2v) is 3.43. The smallest absolute Gasteiger partial charge is 0.313 e. The van der Waals surface area contributed by atoms with Crippen molar-refractivity contribution >= 4 is 16.1 Å². The summed E-state index contributed by atoms with van der Waals surface area (Å²) in [6, 6.07) is 0. The lowest BCUT2D eigenvalue weighted by Crippen LogP contribution is -2.15. The average Bonchev–Trinajstić information content (AvgIpc) is 2.00. The third-order valence-corrected chi connectivity index (χ3v) is 1.46. The van der Waals surface area contributed by atoms with Gasteiger partial charge in [0.2, 0.25) is 5.95 Å². The number of halogens is 1. The molecular weight excluding hydrogens is 203 g/mol. The van der Waals surface area contributed by atoms with E-state index < -0.39 is 22.1 Å². The molecule has 0 fully saturated rings. The number of aromatic nitrogens is 3. The lowest BCUT2D eigenvalue weighted by molar-refractivity contribution is 0.484. The van der Waals surface area contributed by atoms with E-state index in [1.54, 1.807) is 0 Å². The van der Waals surface area contributed by atoms with Gasteiger partial charge in [0.25, 0.3) is 10.1 Å². The molecule has 0 aliphatic heterocycles. The molecule has 0 aromatic carbocycles. The Morgan fingerprint density at radius 1 is 1.54 bits per heavy atom. The minimum absolute atomic E-state index is 0.259. The highest BCUT2D eigenvalue weighted by Crippen LogP contribution is 1.95. The summed E-state index contributed by atoms with van der Waals surface area (Å²) in [5, 5.41) is 2.09. The van der Waals surface area contributed by atoms with Gasteiger partial charge in [-0.25, -0.2) is 4.98 Å². The van der Waals surface area contributed by atoms with E-state index in [4.69, 9.17) is 4.55 Å². The van der Waals surface area contributed by atoms with E-state index in [1.807, 2.05) is 0 Å². The van der Waals surface area contributed by atoms with Crippen LogP contribution in [-0.2, 0) is 10.1 Å². The van der Waals surface area contributed by atoms with Gasteiger partial charge >= 0.3 is 6.08 Å². The number of hydrogen-bond acceptors (Lipinski definition) is 6. The predicted molar refractivity (Wildman–Crippen MR) is 39.8 cm³/mol. The number of rotatable bonds is 3. The third-order valence-electron chi connectivity index (χ3n) is 0.955. The van der Waals surface area contributed by atoms with Crippen molar-refractivity contribution in [2.24, 2.45) is 0 Å². The molecule has 7 nitrogen and oxygen atoms in total. The average molecular weight is 208 g/mol. The Balaban J connectivity index is 2.65. The zero-order valence-corrected chi connectivity index (χ0v) is 6.99. The van der Waals surface area contributed by atoms with Crippen LogP contribution in [0.25, 0.3) is 0 Å². The van der Waals surface area contributed by atoms with Crippen molar-refractivity contribution in [3.05, 3.63) is 12.4 Å². The van der Waals surface area contributed by atoms with Crippen LogP contribution in [0.5, 0.6) is 0 Å². The van der Waals surface area contributed by atoms with Crippen molar-refractivity contribution in [3.63, 3.8) is 0 Å². The molecule has 0 saturated carbocycles. The predicted octanol–water partition coefficient (Wildman–Crippen LogP) is -0.732. The highest BCUT2D eigenvalue weighted by atomic mass is 32.2. The van der Waals surface area contributed by atoms with Crippen molar-refractivity contribution in [3.8, 4) is 0 Å². The second kappa shape index (κ2) is 3.58. The number of hydrogen-bond donors (Lipinski definition) is 2. The molecule has 0 unspecified atom stereocenters. The van der Waals surface area contributed by atoms with Gasteiger partial charge in [-0.3, -0.25) is 4.55 Å². The summed E-state index contributed by atoms with van der Waals surface area (Å²) in [5.41, 5.74) is 0. The van der Waals surface area contributed by atoms with Gasteiger partial charge in [0, 0.05) is 0 Å². The highest BCUT2D eigenvalue weighted by Gasteiger charge is 2.05. The van der Waals surface area contributed by atoms with Crippen molar-refractivity contribution in [1.82, 2.24) is 15.0 Å². The molecule has 0 aliphatic rings. The highest BCUT2D eigenvalue weighted by molar-refractivity contribution is 7.85. The minimum atomic E-state index is -4.17. The Kier molecular flexibility index (Phi) is 2.68. The summed E-state index contributed by atoms with van der Waals surface area (Å²) < 4.78 is 41.0. The first kappa shape index (κ1) is 9.74. The lowest BCUT2D eigenvalue weighted by Gasteiger charge is -1.99. The van der Waals surface area contributed by atoms with Gasteiger partial charge < -0.3 is 5.32 Å². The Morgan fingerprint density at radius 2 is 2.23 bits per heavy atom. The molecule has 0 bridgehead atoms. The van der Waals surface area contributed by atoms with Crippen LogP contribution in [0.1, 0.15) is 0 Å². The van der Waals surface area contributed by atoms with Gasteiger partial charge in [0.15, 0.2) is 0 Å². The first-order valence-electron chi connectivity index (χ1n) is 3.01. The van der Waals surface area contributed by atoms with Crippen LogP contribution in [0.3, 0.4) is 0 Å². The van der Waals surface area contributed by atoms with E-state index in [0.29, 0.717) is 0 Å². The van der Waals surface area contributed by atoms with Gasteiger partial charge in [0.1, 0.15) is 12.2 Å². The molecule has 1 heterocycles. The van der Waals surface area contributed by atoms with E-state index in [-0.39, 0.29) is 5.95 Å². The van der Waals surface area contributed by atoms with E-state index in [0.717, 1.165) is 6.33 Å². The quantitative estimate of drug-likeness (QED) is 0.630. The lowest BCUT2D eigenvalue weighted by atomic mass is 10.9. The zero-order chi connectivity index (χ0) is 9.90. The molecule has 1 rings (SSSR count). The fourth-order valence-electron chi connectivity index (χ4n) is 0.517.